The summed E-state index contributed by atoms with van der Waals surface area (Å²) in [6.45, 7) is 1.95. The molecule has 0 unspecified atom stereocenters. The number of aromatic carboxylic acids is 1. The lowest BCUT2D eigenvalue weighted by molar-refractivity contribution is 0.0525. The second kappa shape index (κ2) is 7.47. The molecule has 0 aliphatic carbocycles. The van der Waals surface area contributed by atoms with Crippen LogP contribution in [0.2, 0.25) is 0 Å². The van der Waals surface area contributed by atoms with Crippen LogP contribution in [-0.2, 0) is 4.74 Å². The third kappa shape index (κ3) is 4.11. The van der Waals surface area contributed by atoms with Crippen LogP contribution in [0.3, 0.4) is 0 Å². The second-order valence-electron chi connectivity index (χ2n) is 4.47. The highest BCUT2D eigenvalue weighted by molar-refractivity contribution is 7.99. The summed E-state index contributed by atoms with van der Waals surface area (Å²) in [7, 11) is 0. The summed E-state index contributed by atoms with van der Waals surface area (Å²) in [5, 5.41) is 18.1. The van der Waals surface area contributed by atoms with Crippen molar-refractivity contribution in [1.29, 1.82) is 5.26 Å². The van der Waals surface area contributed by atoms with Gasteiger partial charge in [-0.1, -0.05) is 11.8 Å². The Kier molecular flexibility index (Phi) is 5.39. The molecule has 0 amide bonds. The Hall–Kier alpha value is -2.78. The monoisotopic (exact) mass is 327 g/mol. The van der Waals surface area contributed by atoms with Gasteiger partial charge >= 0.3 is 11.9 Å². The molecule has 1 N–H and O–H groups in total. The van der Waals surface area contributed by atoms with Gasteiger partial charge in [0.05, 0.1) is 23.3 Å². The number of carboxylic acid groups (broad SMARTS) is 1. The van der Waals surface area contributed by atoms with E-state index in [1.54, 1.807) is 37.3 Å². The fourth-order valence-electron chi connectivity index (χ4n) is 1.87. The number of nitrogens with zero attached hydrogens (tertiary/aromatic N) is 1. The molecule has 116 valence electrons. The summed E-state index contributed by atoms with van der Waals surface area (Å²) in [6, 6.07) is 13.3. The lowest BCUT2D eigenvalue weighted by Crippen LogP contribution is -2.06. The van der Waals surface area contributed by atoms with E-state index >= 15 is 0 Å². The van der Waals surface area contributed by atoms with E-state index in [1.165, 1.54) is 23.9 Å². The van der Waals surface area contributed by atoms with Crippen LogP contribution in [0.5, 0.6) is 0 Å². The highest BCUT2D eigenvalue weighted by atomic mass is 32.2. The summed E-state index contributed by atoms with van der Waals surface area (Å²) < 4.78 is 4.91. The van der Waals surface area contributed by atoms with Crippen LogP contribution in [0.4, 0.5) is 0 Å². The van der Waals surface area contributed by atoms with Crippen molar-refractivity contribution >= 4 is 23.7 Å². The molecule has 0 saturated carbocycles. The zero-order valence-corrected chi connectivity index (χ0v) is 13.1. The van der Waals surface area contributed by atoms with Crippen molar-refractivity contribution < 1.29 is 19.4 Å². The Morgan fingerprint density at radius 2 is 1.83 bits per heavy atom. The molecule has 0 spiro atoms. The van der Waals surface area contributed by atoms with Crippen molar-refractivity contribution in [3.05, 3.63) is 59.2 Å². The van der Waals surface area contributed by atoms with Crippen LogP contribution in [0.25, 0.3) is 0 Å². The molecular weight excluding hydrogens is 314 g/mol. The Labute approximate surface area is 137 Å². The van der Waals surface area contributed by atoms with E-state index in [0.29, 0.717) is 0 Å². The molecule has 0 bridgehead atoms. The number of nitriles is 1. The summed E-state index contributed by atoms with van der Waals surface area (Å²) in [5.41, 5.74) is 0.695. The highest BCUT2D eigenvalue weighted by Crippen LogP contribution is 2.29. The number of carbonyl (C=O) groups is 2. The zero-order chi connectivity index (χ0) is 16.8. The van der Waals surface area contributed by atoms with E-state index < -0.39 is 11.9 Å². The third-order valence-electron chi connectivity index (χ3n) is 2.94. The number of carbonyl (C=O) groups excluding carboxylic acids is 1. The van der Waals surface area contributed by atoms with Gasteiger partial charge in [-0.05, 0) is 49.4 Å². The van der Waals surface area contributed by atoms with Crippen LogP contribution >= 0.6 is 11.8 Å². The Morgan fingerprint density at radius 3 is 2.39 bits per heavy atom. The molecule has 0 radical (unpaired) electrons. The first-order valence-corrected chi connectivity index (χ1v) is 7.59. The van der Waals surface area contributed by atoms with Gasteiger partial charge in [-0.2, -0.15) is 5.26 Å². The highest BCUT2D eigenvalue weighted by Gasteiger charge is 2.13. The van der Waals surface area contributed by atoms with Gasteiger partial charge in [0.25, 0.3) is 0 Å². The minimum Gasteiger partial charge on any atom is -0.478 e. The van der Waals surface area contributed by atoms with E-state index in [9.17, 15) is 14.9 Å². The van der Waals surface area contributed by atoms with Crippen LogP contribution in [-0.4, -0.2) is 23.7 Å². The van der Waals surface area contributed by atoms with E-state index in [1.807, 2.05) is 6.07 Å². The average Bonchev–Trinajstić information content (AvgIpc) is 2.55. The molecule has 0 heterocycles. The van der Waals surface area contributed by atoms with Crippen molar-refractivity contribution in [2.45, 2.75) is 16.7 Å². The SMILES string of the molecule is CCOC(=O)c1ccc(Sc2ccc(C(=O)O)cc2)cc1C#N. The molecule has 0 atom stereocenters. The number of hydrogen-bond acceptors (Lipinski definition) is 5. The van der Waals surface area contributed by atoms with Crippen molar-refractivity contribution in [2.24, 2.45) is 0 Å². The molecule has 5 nitrogen and oxygen atoms in total. The second-order valence-corrected chi connectivity index (χ2v) is 5.62. The van der Waals surface area contributed by atoms with Crippen molar-refractivity contribution in [3.63, 3.8) is 0 Å². The first-order valence-electron chi connectivity index (χ1n) is 6.77. The van der Waals surface area contributed by atoms with Crippen LogP contribution in [0.15, 0.2) is 52.3 Å². The summed E-state index contributed by atoms with van der Waals surface area (Å²) in [4.78, 5) is 24.2. The van der Waals surface area contributed by atoms with Gasteiger partial charge in [-0.3, -0.25) is 0 Å². The zero-order valence-electron chi connectivity index (χ0n) is 12.3. The molecular formula is C17H13NO4S. The largest absolute Gasteiger partial charge is 0.478 e. The summed E-state index contributed by atoms with van der Waals surface area (Å²) in [6.07, 6.45) is 0. The van der Waals surface area contributed by atoms with Crippen LogP contribution in [0, 0.1) is 11.3 Å². The van der Waals surface area contributed by atoms with Crippen LogP contribution in [0.1, 0.15) is 33.2 Å². The first-order chi connectivity index (χ1) is 11.0. The molecule has 0 aliphatic rings. The van der Waals surface area contributed by atoms with Gasteiger partial charge in [-0.15, -0.1) is 0 Å². The molecule has 2 aromatic rings. The molecule has 6 heteroatoms. The quantitative estimate of drug-likeness (QED) is 0.845. The minimum absolute atomic E-state index is 0.213. The fourth-order valence-corrected chi connectivity index (χ4v) is 2.73. The smallest absolute Gasteiger partial charge is 0.339 e. The topological polar surface area (TPSA) is 87.4 Å². The molecule has 2 rings (SSSR count). The van der Waals surface area contributed by atoms with Crippen molar-refractivity contribution in [2.75, 3.05) is 6.61 Å². The molecule has 0 aromatic heterocycles. The van der Waals surface area contributed by atoms with E-state index in [4.69, 9.17) is 9.84 Å². The lowest BCUT2D eigenvalue weighted by atomic mass is 10.1. The number of hydrogen-bond donors (Lipinski definition) is 1. The maximum atomic E-state index is 11.8. The minimum atomic E-state index is -0.980. The lowest BCUT2D eigenvalue weighted by Gasteiger charge is -2.07. The molecule has 0 fully saturated rings. The number of benzene rings is 2. The van der Waals surface area contributed by atoms with Gasteiger partial charge in [0.15, 0.2) is 0 Å². The van der Waals surface area contributed by atoms with Gasteiger partial charge in [-0.25, -0.2) is 9.59 Å². The van der Waals surface area contributed by atoms with Gasteiger partial charge < -0.3 is 9.84 Å². The van der Waals surface area contributed by atoms with Crippen LogP contribution < -0.4 is 0 Å². The van der Waals surface area contributed by atoms with Gasteiger partial charge in [0.2, 0.25) is 0 Å². The first kappa shape index (κ1) is 16.6. The standard InChI is InChI=1S/C17H13NO4S/c1-2-22-17(21)15-8-7-14(9-12(15)10-18)23-13-5-3-11(4-6-13)16(19)20/h3-9H,2H2,1H3,(H,19,20). The molecule has 0 aliphatic heterocycles. The maximum Gasteiger partial charge on any atom is 0.339 e. The summed E-state index contributed by atoms with van der Waals surface area (Å²) >= 11 is 1.38. The number of esters is 1. The molecule has 0 saturated heterocycles. The average molecular weight is 327 g/mol. The van der Waals surface area contributed by atoms with E-state index in [0.717, 1.165) is 9.79 Å². The maximum absolute atomic E-state index is 11.8. The third-order valence-corrected chi connectivity index (χ3v) is 3.94. The Morgan fingerprint density at radius 1 is 1.17 bits per heavy atom. The van der Waals surface area contributed by atoms with E-state index in [-0.39, 0.29) is 23.3 Å². The fraction of sp³-hybridized carbons (Fsp3) is 0.118. The van der Waals surface area contributed by atoms with Crippen molar-refractivity contribution in [1.82, 2.24) is 0 Å². The van der Waals surface area contributed by atoms with Gasteiger partial charge in [0.1, 0.15) is 6.07 Å². The predicted octanol–water partition coefficient (Wildman–Crippen LogP) is 3.58. The van der Waals surface area contributed by atoms with Crippen molar-refractivity contribution in [3.8, 4) is 6.07 Å². The molecule has 23 heavy (non-hydrogen) atoms. The Bertz CT molecular complexity index is 778. The van der Waals surface area contributed by atoms with Gasteiger partial charge in [0, 0.05) is 9.79 Å². The Balaban J connectivity index is 2.22. The number of carboxylic acids is 1. The number of rotatable bonds is 5. The summed E-state index contributed by atoms with van der Waals surface area (Å²) in [5.74, 6) is -1.50. The number of ether oxygens (including phenoxy) is 1. The predicted molar refractivity (Wildman–Crippen MR) is 84.6 cm³/mol. The molecule has 2 aromatic carbocycles. The normalized spacial score (nSPS) is 9.91. The van der Waals surface area contributed by atoms with E-state index in [2.05, 4.69) is 0 Å².